The average Bonchev–Trinajstić information content (AvgIpc) is 2.28. The molecule has 0 aliphatic carbocycles. The van der Waals surface area contributed by atoms with E-state index in [1.165, 1.54) is 13.0 Å². The predicted octanol–water partition coefficient (Wildman–Crippen LogP) is 2.58. The first-order valence-corrected chi connectivity index (χ1v) is 5.91. The lowest BCUT2D eigenvalue weighted by Gasteiger charge is -2.02. The summed E-state index contributed by atoms with van der Waals surface area (Å²) < 4.78 is 13.3. The molecule has 0 atom stereocenters. The second kappa shape index (κ2) is 6.21. The Kier molecular flexibility index (Phi) is 4.92. The predicted molar refractivity (Wildman–Crippen MR) is 66.5 cm³/mol. The molecular weight excluding hydrogens is 239 g/mol. The number of benzene rings is 1. The number of aldehydes is 1. The van der Waals surface area contributed by atoms with Crippen LogP contribution in [0.5, 0.6) is 0 Å². The van der Waals surface area contributed by atoms with Crippen LogP contribution in [0, 0.1) is 24.6 Å². The maximum atomic E-state index is 13.3. The molecule has 1 rings (SSSR count). The van der Waals surface area contributed by atoms with E-state index in [9.17, 15) is 14.0 Å². The molecule has 4 heteroatoms. The van der Waals surface area contributed by atoms with Crippen LogP contribution in [0.2, 0.25) is 0 Å². The Bertz CT molecular complexity index is 512. The average molecular weight is 250 g/mol. The second-order valence-electron chi connectivity index (χ2n) is 3.35. The normalized spacial score (nSPS) is 9.35. The number of aryl methyl sites for hydroxylation is 1. The van der Waals surface area contributed by atoms with Crippen molar-refractivity contribution in [2.75, 3.05) is 5.75 Å². The summed E-state index contributed by atoms with van der Waals surface area (Å²) in [6.07, 6.45) is 0.463. The summed E-state index contributed by atoms with van der Waals surface area (Å²) in [7, 11) is 0. The largest absolute Gasteiger partial charge is 0.298 e. The van der Waals surface area contributed by atoms with Crippen LogP contribution in [-0.4, -0.2) is 17.2 Å². The topological polar surface area (TPSA) is 34.1 Å². The molecule has 0 radical (unpaired) electrons. The van der Waals surface area contributed by atoms with Gasteiger partial charge in [-0.15, -0.1) is 0 Å². The standard InChI is InChI=1S/C13H11FO2S/c1-9-5-6-13(14)12(8-15)11(9)4-3-7-17-10(2)16/h5-6,8H,7H2,1-2H3. The van der Waals surface area contributed by atoms with Crippen molar-refractivity contribution < 1.29 is 14.0 Å². The Morgan fingerprint density at radius 1 is 1.53 bits per heavy atom. The lowest BCUT2D eigenvalue weighted by Crippen LogP contribution is -1.96. The maximum Gasteiger partial charge on any atom is 0.186 e. The molecule has 0 fully saturated rings. The number of thioether (sulfide) groups is 1. The molecule has 0 bridgehead atoms. The zero-order valence-electron chi connectivity index (χ0n) is 9.54. The number of carbonyl (C=O) groups excluding carboxylic acids is 2. The van der Waals surface area contributed by atoms with Gasteiger partial charge in [0, 0.05) is 12.5 Å². The molecule has 0 amide bonds. The van der Waals surface area contributed by atoms with E-state index in [-0.39, 0.29) is 10.7 Å². The van der Waals surface area contributed by atoms with Crippen molar-refractivity contribution >= 4 is 23.2 Å². The molecule has 0 aliphatic heterocycles. The van der Waals surface area contributed by atoms with Gasteiger partial charge in [0.1, 0.15) is 5.82 Å². The summed E-state index contributed by atoms with van der Waals surface area (Å²) in [6.45, 7) is 3.21. The molecule has 0 unspecified atom stereocenters. The molecule has 0 spiro atoms. The van der Waals surface area contributed by atoms with Crippen LogP contribution in [0.15, 0.2) is 12.1 Å². The summed E-state index contributed by atoms with van der Waals surface area (Å²) in [4.78, 5) is 21.5. The third kappa shape index (κ3) is 3.72. The van der Waals surface area contributed by atoms with Gasteiger partial charge in [0.15, 0.2) is 11.4 Å². The summed E-state index contributed by atoms with van der Waals surface area (Å²) >= 11 is 1.08. The summed E-state index contributed by atoms with van der Waals surface area (Å²) in [5.74, 6) is 5.24. The lowest BCUT2D eigenvalue weighted by atomic mass is 10.0. The zero-order chi connectivity index (χ0) is 12.8. The van der Waals surface area contributed by atoms with Gasteiger partial charge in [-0.05, 0) is 18.6 Å². The Balaban J connectivity index is 3.00. The first-order valence-electron chi connectivity index (χ1n) is 4.92. The van der Waals surface area contributed by atoms with Crippen LogP contribution in [0.25, 0.3) is 0 Å². The van der Waals surface area contributed by atoms with E-state index in [2.05, 4.69) is 11.8 Å². The quantitative estimate of drug-likeness (QED) is 0.597. The maximum absolute atomic E-state index is 13.3. The van der Waals surface area contributed by atoms with Gasteiger partial charge in [-0.1, -0.05) is 29.7 Å². The molecule has 0 heterocycles. The molecule has 17 heavy (non-hydrogen) atoms. The molecule has 2 nitrogen and oxygen atoms in total. The molecule has 1 aromatic carbocycles. The smallest absolute Gasteiger partial charge is 0.186 e. The number of hydrogen-bond acceptors (Lipinski definition) is 3. The van der Waals surface area contributed by atoms with E-state index in [0.29, 0.717) is 17.6 Å². The summed E-state index contributed by atoms with van der Waals surface area (Å²) in [6, 6.07) is 2.82. The molecular formula is C13H11FO2S. The minimum Gasteiger partial charge on any atom is -0.298 e. The minimum atomic E-state index is -0.575. The van der Waals surface area contributed by atoms with Gasteiger partial charge in [-0.2, -0.15) is 0 Å². The van der Waals surface area contributed by atoms with Crippen molar-refractivity contribution in [3.8, 4) is 11.8 Å². The van der Waals surface area contributed by atoms with Gasteiger partial charge < -0.3 is 0 Å². The van der Waals surface area contributed by atoms with Crippen molar-refractivity contribution in [3.63, 3.8) is 0 Å². The summed E-state index contributed by atoms with van der Waals surface area (Å²) in [5.41, 5.74) is 1.11. The lowest BCUT2D eigenvalue weighted by molar-refractivity contribution is -0.109. The van der Waals surface area contributed by atoms with E-state index in [1.807, 2.05) is 0 Å². The number of hydrogen-bond donors (Lipinski definition) is 0. The van der Waals surface area contributed by atoms with Gasteiger partial charge in [0.2, 0.25) is 0 Å². The molecule has 0 aliphatic rings. The third-order valence-electron chi connectivity index (χ3n) is 2.08. The van der Waals surface area contributed by atoms with Crippen LogP contribution in [0.1, 0.15) is 28.4 Å². The van der Waals surface area contributed by atoms with E-state index < -0.39 is 5.82 Å². The molecule has 0 N–H and O–H groups in total. The molecule has 0 saturated heterocycles. The number of rotatable bonds is 2. The van der Waals surface area contributed by atoms with Crippen LogP contribution >= 0.6 is 11.8 Å². The number of halogens is 1. The summed E-state index contributed by atoms with van der Waals surface area (Å²) in [5, 5.41) is -0.0223. The highest BCUT2D eigenvalue weighted by Gasteiger charge is 2.08. The van der Waals surface area contributed by atoms with Crippen LogP contribution in [0.4, 0.5) is 4.39 Å². The second-order valence-corrected chi connectivity index (χ2v) is 4.51. The van der Waals surface area contributed by atoms with E-state index in [4.69, 9.17) is 0 Å². The molecule has 0 aromatic heterocycles. The van der Waals surface area contributed by atoms with Crippen molar-refractivity contribution in [2.24, 2.45) is 0 Å². The Labute approximate surface area is 104 Å². The van der Waals surface area contributed by atoms with E-state index >= 15 is 0 Å². The monoisotopic (exact) mass is 250 g/mol. The van der Waals surface area contributed by atoms with Gasteiger partial charge in [0.25, 0.3) is 0 Å². The van der Waals surface area contributed by atoms with Gasteiger partial charge in [0.05, 0.1) is 11.3 Å². The van der Waals surface area contributed by atoms with E-state index in [1.54, 1.807) is 13.0 Å². The first-order chi connectivity index (χ1) is 8.06. The van der Waals surface area contributed by atoms with Crippen LogP contribution in [0.3, 0.4) is 0 Å². The van der Waals surface area contributed by atoms with Crippen molar-refractivity contribution in [1.29, 1.82) is 0 Å². The van der Waals surface area contributed by atoms with Crippen LogP contribution < -0.4 is 0 Å². The minimum absolute atomic E-state index is 0.0223. The van der Waals surface area contributed by atoms with Gasteiger partial charge >= 0.3 is 0 Å². The van der Waals surface area contributed by atoms with Crippen LogP contribution in [-0.2, 0) is 4.79 Å². The van der Waals surface area contributed by atoms with E-state index in [0.717, 1.165) is 17.3 Å². The highest BCUT2D eigenvalue weighted by molar-refractivity contribution is 8.13. The van der Waals surface area contributed by atoms with Crippen molar-refractivity contribution in [2.45, 2.75) is 13.8 Å². The number of carbonyl (C=O) groups is 2. The highest BCUT2D eigenvalue weighted by Crippen LogP contribution is 2.15. The molecule has 88 valence electrons. The molecule has 1 aromatic rings. The fourth-order valence-corrected chi connectivity index (χ4v) is 1.59. The Hall–Kier alpha value is -1.60. The SMILES string of the molecule is CC(=O)SCC#Cc1c(C)ccc(F)c1C=O. The first kappa shape index (κ1) is 13.5. The van der Waals surface area contributed by atoms with Crippen molar-refractivity contribution in [3.05, 3.63) is 34.6 Å². The van der Waals surface area contributed by atoms with Gasteiger partial charge in [-0.25, -0.2) is 4.39 Å². The fraction of sp³-hybridized carbons (Fsp3) is 0.231. The zero-order valence-corrected chi connectivity index (χ0v) is 10.4. The molecule has 0 saturated carbocycles. The Morgan fingerprint density at radius 2 is 2.24 bits per heavy atom. The fourth-order valence-electron chi connectivity index (χ4n) is 1.25. The third-order valence-corrected chi connectivity index (χ3v) is 2.77. The Morgan fingerprint density at radius 3 is 2.82 bits per heavy atom. The highest BCUT2D eigenvalue weighted by atomic mass is 32.2. The van der Waals surface area contributed by atoms with Gasteiger partial charge in [-0.3, -0.25) is 9.59 Å². The van der Waals surface area contributed by atoms with Crippen molar-refractivity contribution in [1.82, 2.24) is 0 Å².